The SMILES string of the molecule is NC(=NO)c1cccnc1Sc1ccncn1. The fourth-order valence-corrected chi connectivity index (χ4v) is 1.98. The van der Waals surface area contributed by atoms with Gasteiger partial charge in [-0.25, -0.2) is 15.0 Å². The van der Waals surface area contributed by atoms with Crippen LogP contribution in [0.25, 0.3) is 0 Å². The molecule has 2 rings (SSSR count). The summed E-state index contributed by atoms with van der Waals surface area (Å²) in [5.74, 6) is 0.0228. The Morgan fingerprint density at radius 2 is 2.18 bits per heavy atom. The van der Waals surface area contributed by atoms with E-state index in [1.54, 1.807) is 30.6 Å². The first-order valence-electron chi connectivity index (χ1n) is 4.68. The molecular formula is C10H9N5OS. The molecule has 0 atom stereocenters. The number of aromatic nitrogens is 3. The molecule has 2 aromatic heterocycles. The van der Waals surface area contributed by atoms with Gasteiger partial charge < -0.3 is 10.9 Å². The van der Waals surface area contributed by atoms with Crippen LogP contribution in [0.5, 0.6) is 0 Å². The van der Waals surface area contributed by atoms with E-state index in [1.807, 2.05) is 0 Å². The number of hydrogen-bond donors (Lipinski definition) is 2. The summed E-state index contributed by atoms with van der Waals surface area (Å²) in [4.78, 5) is 12.1. The fourth-order valence-electron chi connectivity index (χ4n) is 1.16. The Morgan fingerprint density at radius 3 is 2.88 bits per heavy atom. The number of rotatable bonds is 3. The minimum atomic E-state index is 0.0228. The Balaban J connectivity index is 2.33. The number of amidine groups is 1. The lowest BCUT2D eigenvalue weighted by Crippen LogP contribution is -2.14. The lowest BCUT2D eigenvalue weighted by Gasteiger charge is -2.05. The van der Waals surface area contributed by atoms with Gasteiger partial charge >= 0.3 is 0 Å². The summed E-state index contributed by atoms with van der Waals surface area (Å²) in [6.07, 6.45) is 4.73. The van der Waals surface area contributed by atoms with Crippen LogP contribution in [0.15, 0.2) is 52.1 Å². The maximum Gasteiger partial charge on any atom is 0.172 e. The number of hydrogen-bond acceptors (Lipinski definition) is 6. The molecule has 0 fully saturated rings. The second kappa shape index (κ2) is 5.26. The van der Waals surface area contributed by atoms with Gasteiger partial charge in [-0.05, 0) is 30.0 Å². The van der Waals surface area contributed by atoms with E-state index < -0.39 is 0 Å². The number of nitrogens with two attached hydrogens (primary N) is 1. The second-order valence-electron chi connectivity index (χ2n) is 2.99. The van der Waals surface area contributed by atoms with Gasteiger partial charge in [0, 0.05) is 12.4 Å². The molecule has 0 aliphatic heterocycles. The monoisotopic (exact) mass is 247 g/mol. The molecule has 0 amide bonds. The van der Waals surface area contributed by atoms with Gasteiger partial charge in [0.05, 0.1) is 5.56 Å². The smallest absolute Gasteiger partial charge is 0.172 e. The zero-order valence-corrected chi connectivity index (χ0v) is 9.50. The van der Waals surface area contributed by atoms with Crippen LogP contribution in [0.4, 0.5) is 0 Å². The predicted octanol–water partition coefficient (Wildman–Crippen LogP) is 1.12. The van der Waals surface area contributed by atoms with Crippen molar-refractivity contribution in [1.82, 2.24) is 15.0 Å². The highest BCUT2D eigenvalue weighted by Gasteiger charge is 2.09. The van der Waals surface area contributed by atoms with Crippen LogP contribution in [0.3, 0.4) is 0 Å². The molecule has 0 bridgehead atoms. The molecule has 3 N–H and O–H groups in total. The second-order valence-corrected chi connectivity index (χ2v) is 4.00. The van der Waals surface area contributed by atoms with Crippen molar-refractivity contribution in [1.29, 1.82) is 0 Å². The van der Waals surface area contributed by atoms with Gasteiger partial charge in [0.1, 0.15) is 16.4 Å². The van der Waals surface area contributed by atoms with Crippen molar-refractivity contribution < 1.29 is 5.21 Å². The van der Waals surface area contributed by atoms with Gasteiger partial charge in [0.15, 0.2) is 5.84 Å². The Hall–Kier alpha value is -2.15. The highest BCUT2D eigenvalue weighted by Crippen LogP contribution is 2.26. The first kappa shape index (κ1) is 11.3. The van der Waals surface area contributed by atoms with E-state index in [0.717, 1.165) is 5.03 Å². The normalized spacial score (nSPS) is 11.4. The molecule has 6 nitrogen and oxygen atoms in total. The van der Waals surface area contributed by atoms with Crippen LogP contribution < -0.4 is 5.73 Å². The van der Waals surface area contributed by atoms with Gasteiger partial charge in [-0.1, -0.05) is 5.16 Å². The standard InChI is InChI=1S/C10H9N5OS/c11-9(15-16)7-2-1-4-13-10(7)17-8-3-5-12-6-14-8/h1-6,16H,(H2,11,15). The summed E-state index contributed by atoms with van der Waals surface area (Å²) >= 11 is 1.32. The van der Waals surface area contributed by atoms with Crippen LogP contribution >= 0.6 is 11.8 Å². The molecule has 0 aliphatic carbocycles. The predicted molar refractivity (Wildman–Crippen MR) is 62.9 cm³/mol. The van der Waals surface area contributed by atoms with E-state index in [9.17, 15) is 0 Å². The van der Waals surface area contributed by atoms with Gasteiger partial charge in [-0.15, -0.1) is 0 Å². The van der Waals surface area contributed by atoms with E-state index in [2.05, 4.69) is 20.1 Å². The van der Waals surface area contributed by atoms with E-state index in [-0.39, 0.29) is 5.84 Å². The number of nitrogens with zero attached hydrogens (tertiary/aromatic N) is 4. The molecule has 86 valence electrons. The maximum absolute atomic E-state index is 8.68. The van der Waals surface area contributed by atoms with E-state index in [4.69, 9.17) is 10.9 Å². The zero-order valence-electron chi connectivity index (χ0n) is 8.69. The minimum Gasteiger partial charge on any atom is -0.409 e. The molecule has 0 saturated heterocycles. The highest BCUT2D eigenvalue weighted by atomic mass is 32.2. The van der Waals surface area contributed by atoms with E-state index in [1.165, 1.54) is 18.1 Å². The van der Waals surface area contributed by atoms with Gasteiger partial charge in [-0.3, -0.25) is 0 Å². The Labute approximate surface area is 102 Å². The van der Waals surface area contributed by atoms with Crippen LogP contribution in [0.2, 0.25) is 0 Å². The Bertz CT molecular complexity index is 531. The largest absolute Gasteiger partial charge is 0.409 e. The lowest BCUT2D eigenvalue weighted by atomic mass is 10.3. The number of oxime groups is 1. The lowest BCUT2D eigenvalue weighted by molar-refractivity contribution is 0.318. The fraction of sp³-hybridized carbons (Fsp3) is 0. The molecule has 17 heavy (non-hydrogen) atoms. The van der Waals surface area contributed by atoms with Crippen LogP contribution in [-0.2, 0) is 0 Å². The highest BCUT2D eigenvalue weighted by molar-refractivity contribution is 7.99. The molecule has 0 spiro atoms. The van der Waals surface area contributed by atoms with Crippen molar-refractivity contribution in [2.75, 3.05) is 0 Å². The summed E-state index contributed by atoms with van der Waals surface area (Å²) in [6.45, 7) is 0. The Kier molecular flexibility index (Phi) is 3.51. The van der Waals surface area contributed by atoms with Crippen LogP contribution in [-0.4, -0.2) is 26.0 Å². The summed E-state index contributed by atoms with van der Waals surface area (Å²) in [7, 11) is 0. The summed E-state index contributed by atoms with van der Waals surface area (Å²) in [6, 6.07) is 5.21. The molecule has 2 heterocycles. The average Bonchev–Trinajstić information content (AvgIpc) is 2.40. The van der Waals surface area contributed by atoms with Gasteiger partial charge in [0.2, 0.25) is 0 Å². The van der Waals surface area contributed by atoms with Crippen molar-refractivity contribution in [3.8, 4) is 0 Å². The van der Waals surface area contributed by atoms with Crippen LogP contribution in [0, 0.1) is 0 Å². The van der Waals surface area contributed by atoms with Crippen molar-refractivity contribution >= 4 is 17.6 Å². The third-order valence-electron chi connectivity index (χ3n) is 1.91. The zero-order chi connectivity index (χ0) is 12.1. The molecule has 0 radical (unpaired) electrons. The summed E-state index contributed by atoms with van der Waals surface area (Å²) in [5, 5.41) is 13.0. The third kappa shape index (κ3) is 2.70. The Morgan fingerprint density at radius 1 is 1.29 bits per heavy atom. The molecule has 7 heteroatoms. The van der Waals surface area contributed by atoms with Crippen molar-refractivity contribution in [2.24, 2.45) is 10.9 Å². The van der Waals surface area contributed by atoms with Crippen molar-refractivity contribution in [3.05, 3.63) is 42.5 Å². The van der Waals surface area contributed by atoms with Crippen molar-refractivity contribution in [3.63, 3.8) is 0 Å². The molecule has 0 saturated carbocycles. The summed E-state index contributed by atoms with van der Waals surface area (Å²) in [5.41, 5.74) is 6.13. The quantitative estimate of drug-likeness (QED) is 0.277. The first-order chi connectivity index (χ1) is 8.31. The van der Waals surface area contributed by atoms with E-state index >= 15 is 0 Å². The topological polar surface area (TPSA) is 97.3 Å². The molecule has 0 aromatic carbocycles. The van der Waals surface area contributed by atoms with Crippen LogP contribution in [0.1, 0.15) is 5.56 Å². The number of pyridine rings is 1. The summed E-state index contributed by atoms with van der Waals surface area (Å²) < 4.78 is 0. The first-order valence-corrected chi connectivity index (χ1v) is 5.49. The molecule has 2 aromatic rings. The average molecular weight is 247 g/mol. The molecule has 0 aliphatic rings. The third-order valence-corrected chi connectivity index (χ3v) is 2.88. The van der Waals surface area contributed by atoms with Gasteiger partial charge in [0.25, 0.3) is 0 Å². The molecular weight excluding hydrogens is 238 g/mol. The van der Waals surface area contributed by atoms with Crippen molar-refractivity contribution in [2.45, 2.75) is 10.1 Å². The van der Waals surface area contributed by atoms with E-state index in [0.29, 0.717) is 10.6 Å². The maximum atomic E-state index is 8.68. The molecule has 0 unspecified atom stereocenters. The minimum absolute atomic E-state index is 0.0228. The van der Waals surface area contributed by atoms with Gasteiger partial charge in [-0.2, -0.15) is 0 Å².